The largest absolute Gasteiger partial charge is 0.457 e. The molecule has 10 aromatic rings. The van der Waals surface area contributed by atoms with Gasteiger partial charge in [0.25, 0.3) is 0 Å². The molecule has 0 aromatic heterocycles. The van der Waals surface area contributed by atoms with E-state index >= 15 is 0 Å². The van der Waals surface area contributed by atoms with Crippen LogP contribution in [0.15, 0.2) is 218 Å². The van der Waals surface area contributed by atoms with Gasteiger partial charge in [0.05, 0.1) is 10.8 Å². The molecule has 0 bridgehead atoms. The van der Waals surface area contributed by atoms with Gasteiger partial charge in [-0.2, -0.15) is 0 Å². The zero-order valence-corrected chi connectivity index (χ0v) is 32.2. The minimum absolute atomic E-state index is 0.576. The Morgan fingerprint density at radius 2 is 0.814 bits per heavy atom. The summed E-state index contributed by atoms with van der Waals surface area (Å²) in [5.74, 6) is 1.80. The van der Waals surface area contributed by atoms with E-state index in [9.17, 15) is 0 Å². The summed E-state index contributed by atoms with van der Waals surface area (Å²) in [5.41, 5.74) is 16.4. The highest BCUT2D eigenvalue weighted by Gasteiger charge is 2.52. The molecule has 1 atom stereocenters. The van der Waals surface area contributed by atoms with Crippen molar-refractivity contribution in [2.75, 3.05) is 0 Å². The van der Waals surface area contributed by atoms with Crippen LogP contribution in [0.25, 0.3) is 54.9 Å². The first-order valence-corrected chi connectivity index (χ1v) is 20.6. The third-order valence-electron chi connectivity index (χ3n) is 13.6. The number of hydrogen-bond acceptors (Lipinski definition) is 1. The predicted octanol–water partition coefficient (Wildman–Crippen LogP) is 14.5. The molecule has 1 nitrogen and oxygen atoms in total. The van der Waals surface area contributed by atoms with Gasteiger partial charge in [-0.05, 0) is 107 Å². The molecule has 3 aliphatic rings. The highest BCUT2D eigenvalue weighted by Crippen LogP contribution is 2.64. The molecular formula is C58H36O. The number of benzene rings is 10. The van der Waals surface area contributed by atoms with Crippen molar-refractivity contribution in [3.63, 3.8) is 0 Å². The summed E-state index contributed by atoms with van der Waals surface area (Å²) in [7, 11) is 0. The second kappa shape index (κ2) is 12.0. The Morgan fingerprint density at radius 3 is 1.53 bits per heavy atom. The van der Waals surface area contributed by atoms with Gasteiger partial charge in [-0.15, -0.1) is 0 Å². The monoisotopic (exact) mass is 748 g/mol. The smallest absolute Gasteiger partial charge is 0.132 e. The first-order valence-electron chi connectivity index (χ1n) is 20.6. The van der Waals surface area contributed by atoms with Crippen molar-refractivity contribution in [2.24, 2.45) is 0 Å². The van der Waals surface area contributed by atoms with Crippen LogP contribution in [-0.2, 0) is 10.8 Å². The van der Waals surface area contributed by atoms with Crippen LogP contribution in [-0.4, -0.2) is 0 Å². The number of ether oxygens (including phenoxy) is 1. The van der Waals surface area contributed by atoms with Gasteiger partial charge in [0.15, 0.2) is 0 Å². The Hall–Kier alpha value is -7.48. The lowest BCUT2D eigenvalue weighted by Crippen LogP contribution is -2.32. The van der Waals surface area contributed by atoms with Gasteiger partial charge in [-0.1, -0.05) is 200 Å². The zero-order chi connectivity index (χ0) is 38.7. The quantitative estimate of drug-likeness (QED) is 0.175. The number of rotatable bonds is 3. The van der Waals surface area contributed by atoms with Gasteiger partial charge in [-0.3, -0.25) is 0 Å². The van der Waals surface area contributed by atoms with Crippen LogP contribution in [0, 0.1) is 0 Å². The molecule has 0 N–H and O–H groups in total. The summed E-state index contributed by atoms with van der Waals surface area (Å²) < 4.78 is 7.05. The van der Waals surface area contributed by atoms with Gasteiger partial charge in [-0.25, -0.2) is 0 Å². The average Bonchev–Trinajstić information content (AvgIpc) is 3.78. The molecule has 0 saturated carbocycles. The maximum atomic E-state index is 7.05. The highest BCUT2D eigenvalue weighted by molar-refractivity contribution is 6.05. The molecular weight excluding hydrogens is 713 g/mol. The molecule has 1 aliphatic heterocycles. The summed E-state index contributed by atoms with van der Waals surface area (Å²) in [5, 5.41) is 4.95. The second-order valence-electron chi connectivity index (χ2n) is 16.2. The van der Waals surface area contributed by atoms with Gasteiger partial charge in [0, 0.05) is 11.1 Å². The Balaban J connectivity index is 1.14. The molecule has 0 amide bonds. The summed E-state index contributed by atoms with van der Waals surface area (Å²) in [6.45, 7) is 0. The van der Waals surface area contributed by atoms with Gasteiger partial charge in [0.1, 0.15) is 11.5 Å². The van der Waals surface area contributed by atoms with E-state index in [1.54, 1.807) is 0 Å². The van der Waals surface area contributed by atoms with Crippen molar-refractivity contribution < 1.29 is 4.74 Å². The SMILES string of the molecule is c1ccc(C2(c3ccccc3-c3ccc4c(c3)C3(c5ccccc5-c5ccccc53)c3c(ccc5ccccc35)O4)c3ccccc3-c3c2ccc2ccccc32)cc1. The van der Waals surface area contributed by atoms with Crippen molar-refractivity contribution in [1.29, 1.82) is 0 Å². The van der Waals surface area contributed by atoms with Gasteiger partial charge >= 0.3 is 0 Å². The minimum Gasteiger partial charge on any atom is -0.457 e. The summed E-state index contributed by atoms with van der Waals surface area (Å²) in [6, 6.07) is 81.1. The Morgan fingerprint density at radius 1 is 0.305 bits per heavy atom. The van der Waals surface area contributed by atoms with Crippen LogP contribution in [0.3, 0.4) is 0 Å². The predicted molar refractivity (Wildman–Crippen MR) is 242 cm³/mol. The molecule has 0 saturated heterocycles. The second-order valence-corrected chi connectivity index (χ2v) is 16.2. The molecule has 2 aliphatic carbocycles. The molecule has 1 unspecified atom stereocenters. The van der Waals surface area contributed by atoms with E-state index in [4.69, 9.17) is 4.74 Å². The molecule has 0 radical (unpaired) electrons. The van der Waals surface area contributed by atoms with E-state index in [1.807, 2.05) is 0 Å². The molecule has 1 heterocycles. The molecule has 59 heavy (non-hydrogen) atoms. The third kappa shape index (κ3) is 4.14. The van der Waals surface area contributed by atoms with E-state index in [2.05, 4.69) is 218 Å². The number of hydrogen-bond donors (Lipinski definition) is 0. The van der Waals surface area contributed by atoms with E-state index in [-0.39, 0.29) is 0 Å². The maximum absolute atomic E-state index is 7.05. The van der Waals surface area contributed by atoms with Crippen molar-refractivity contribution in [1.82, 2.24) is 0 Å². The third-order valence-corrected chi connectivity index (χ3v) is 13.6. The van der Waals surface area contributed by atoms with Crippen molar-refractivity contribution in [3.05, 3.63) is 263 Å². The van der Waals surface area contributed by atoms with Gasteiger partial charge in [0.2, 0.25) is 0 Å². The van der Waals surface area contributed by atoms with Gasteiger partial charge < -0.3 is 4.74 Å². The lowest BCUT2D eigenvalue weighted by Gasteiger charge is -2.40. The average molecular weight is 749 g/mol. The number of fused-ring (bicyclic) bond motifs is 16. The zero-order valence-electron chi connectivity index (χ0n) is 32.2. The van der Waals surface area contributed by atoms with Crippen molar-refractivity contribution in [2.45, 2.75) is 10.8 Å². The Bertz CT molecular complexity index is 3330. The first-order chi connectivity index (χ1) is 29.3. The van der Waals surface area contributed by atoms with E-state index in [0.29, 0.717) is 0 Å². The lowest BCUT2D eigenvalue weighted by atomic mass is 9.64. The van der Waals surface area contributed by atoms with E-state index in [1.165, 1.54) is 88.3 Å². The summed E-state index contributed by atoms with van der Waals surface area (Å²) in [4.78, 5) is 0. The molecule has 274 valence electrons. The molecule has 10 aromatic carbocycles. The van der Waals surface area contributed by atoms with Crippen LogP contribution in [0.5, 0.6) is 11.5 Å². The minimum atomic E-state index is -0.607. The van der Waals surface area contributed by atoms with Crippen LogP contribution >= 0.6 is 0 Å². The molecule has 13 rings (SSSR count). The fraction of sp³-hybridized carbons (Fsp3) is 0.0345. The van der Waals surface area contributed by atoms with Crippen molar-refractivity contribution in [3.8, 4) is 44.9 Å². The normalized spacial score (nSPS) is 16.1. The maximum Gasteiger partial charge on any atom is 0.132 e. The fourth-order valence-corrected chi connectivity index (χ4v) is 11.4. The topological polar surface area (TPSA) is 9.23 Å². The lowest BCUT2D eigenvalue weighted by molar-refractivity contribution is 0.438. The molecule has 1 heteroatoms. The summed E-state index contributed by atoms with van der Waals surface area (Å²) >= 11 is 0. The Labute approximate surface area is 343 Å². The summed E-state index contributed by atoms with van der Waals surface area (Å²) in [6.07, 6.45) is 0. The standard InChI is InChI=1S/C58H36O/c1-2-18-40(19-3-1)57(50-29-15-11-25-46(50)55-42-21-6-4-16-37(42)30-33-51(55)57)47-26-12-8-20-41(47)39-32-34-53-52(36-39)58(56-43-22-7-5-17-38(43)31-35-54(56)59-53)48-27-13-9-23-44(48)45-24-10-14-28-49(45)58/h1-36H. The van der Waals surface area contributed by atoms with Crippen LogP contribution in [0.4, 0.5) is 0 Å². The fourth-order valence-electron chi connectivity index (χ4n) is 11.4. The van der Waals surface area contributed by atoms with Crippen molar-refractivity contribution >= 4 is 21.5 Å². The molecule has 0 fully saturated rings. The van der Waals surface area contributed by atoms with Crippen LogP contribution < -0.4 is 4.74 Å². The van der Waals surface area contributed by atoms with Crippen LogP contribution in [0.1, 0.15) is 44.5 Å². The Kier molecular flexibility index (Phi) is 6.64. The van der Waals surface area contributed by atoms with E-state index < -0.39 is 10.8 Å². The first kappa shape index (κ1) is 32.6. The van der Waals surface area contributed by atoms with E-state index in [0.717, 1.165) is 22.6 Å². The van der Waals surface area contributed by atoms with Crippen LogP contribution in [0.2, 0.25) is 0 Å². The molecule has 1 spiro atoms. The highest BCUT2D eigenvalue weighted by atomic mass is 16.5.